The van der Waals surface area contributed by atoms with Gasteiger partial charge < -0.3 is 0 Å². The minimum absolute atomic E-state index is 1.36. The summed E-state index contributed by atoms with van der Waals surface area (Å²) in [6.07, 6.45) is 0. The Morgan fingerprint density at radius 2 is 0.611 bits per heavy atom. The molecule has 0 unspecified atom stereocenters. The number of benzene rings is 2. The maximum absolute atomic E-state index is 2.27. The van der Waals surface area contributed by atoms with Gasteiger partial charge in [-0.25, -0.2) is 0 Å². The van der Waals surface area contributed by atoms with Gasteiger partial charge in [0.1, 0.15) is 0 Å². The molecule has 2 rings (SSSR count). The van der Waals surface area contributed by atoms with Gasteiger partial charge in [-0.1, -0.05) is 52.0 Å². The quantitative estimate of drug-likeness (QED) is 0.523. The first-order chi connectivity index (χ1) is 8.58. The molecule has 0 N–H and O–H groups in total. The first-order valence-electron chi connectivity index (χ1n) is 7.06. The molecule has 0 aromatic heterocycles. The van der Waals surface area contributed by atoms with Gasteiger partial charge in [-0.05, 0) is 60.7 Å². The molecule has 0 amide bonds. The fourth-order valence-corrected chi connectivity index (χ4v) is 1.81. The standard InChI is InChI=1S/C14H16.2C2H6/c1-9-5-13-7-11(3)12(4)8-14(13)6-10(9)2;2*1-2/h5-8H,1-4H3;2*1-2H3. The zero-order valence-corrected chi connectivity index (χ0v) is 13.3. The first-order valence-corrected chi connectivity index (χ1v) is 7.06. The fraction of sp³-hybridized carbons (Fsp3) is 0.444. The zero-order valence-electron chi connectivity index (χ0n) is 13.3. The smallest absolute Gasteiger partial charge is 0.0178 e. The van der Waals surface area contributed by atoms with Crippen molar-refractivity contribution in [3.8, 4) is 0 Å². The molecule has 0 aliphatic heterocycles. The van der Waals surface area contributed by atoms with Crippen molar-refractivity contribution in [2.45, 2.75) is 55.4 Å². The summed E-state index contributed by atoms with van der Waals surface area (Å²) in [5.74, 6) is 0. The molecule has 0 saturated carbocycles. The van der Waals surface area contributed by atoms with E-state index in [1.165, 1.54) is 33.0 Å². The molecule has 2 aromatic carbocycles. The largest absolute Gasteiger partial charge is 0.0683 e. The molecular weight excluding hydrogens is 216 g/mol. The second-order valence-corrected chi connectivity index (χ2v) is 4.22. The van der Waals surface area contributed by atoms with Crippen molar-refractivity contribution in [1.82, 2.24) is 0 Å². The monoisotopic (exact) mass is 244 g/mol. The van der Waals surface area contributed by atoms with Crippen molar-refractivity contribution in [2.75, 3.05) is 0 Å². The van der Waals surface area contributed by atoms with Crippen LogP contribution in [0, 0.1) is 27.7 Å². The molecule has 0 bridgehead atoms. The Morgan fingerprint density at radius 3 is 0.778 bits per heavy atom. The van der Waals surface area contributed by atoms with E-state index in [0.29, 0.717) is 0 Å². The molecule has 0 aliphatic rings. The lowest BCUT2D eigenvalue weighted by atomic mass is 9.98. The van der Waals surface area contributed by atoms with Crippen molar-refractivity contribution in [3.05, 3.63) is 46.5 Å². The third kappa shape index (κ3) is 3.87. The Hall–Kier alpha value is -1.30. The predicted octanol–water partition coefficient (Wildman–Crippen LogP) is 6.13. The van der Waals surface area contributed by atoms with Gasteiger partial charge in [0.25, 0.3) is 0 Å². The van der Waals surface area contributed by atoms with Crippen LogP contribution in [-0.4, -0.2) is 0 Å². The van der Waals surface area contributed by atoms with Crippen molar-refractivity contribution in [2.24, 2.45) is 0 Å². The molecule has 0 heterocycles. The lowest BCUT2D eigenvalue weighted by Crippen LogP contribution is -1.85. The summed E-state index contributed by atoms with van der Waals surface area (Å²) in [6.45, 7) is 16.7. The third-order valence-corrected chi connectivity index (χ3v) is 3.07. The van der Waals surface area contributed by atoms with Crippen LogP contribution in [0.15, 0.2) is 24.3 Å². The van der Waals surface area contributed by atoms with Gasteiger partial charge in [0.15, 0.2) is 0 Å². The molecular formula is C18H28. The summed E-state index contributed by atoms with van der Waals surface area (Å²) in [5, 5.41) is 2.72. The van der Waals surface area contributed by atoms with Gasteiger partial charge in [-0.2, -0.15) is 0 Å². The van der Waals surface area contributed by atoms with E-state index < -0.39 is 0 Å². The summed E-state index contributed by atoms with van der Waals surface area (Å²) >= 11 is 0. The molecule has 0 saturated heterocycles. The summed E-state index contributed by atoms with van der Waals surface area (Å²) < 4.78 is 0. The van der Waals surface area contributed by atoms with E-state index >= 15 is 0 Å². The average molecular weight is 244 g/mol. The van der Waals surface area contributed by atoms with Crippen LogP contribution in [0.2, 0.25) is 0 Å². The second-order valence-electron chi connectivity index (χ2n) is 4.22. The molecule has 0 aliphatic carbocycles. The Morgan fingerprint density at radius 1 is 0.444 bits per heavy atom. The SMILES string of the molecule is CC.CC.Cc1cc2cc(C)c(C)cc2cc1C. The topological polar surface area (TPSA) is 0 Å². The molecule has 0 nitrogen and oxygen atoms in total. The van der Waals surface area contributed by atoms with Gasteiger partial charge in [-0.3, -0.25) is 0 Å². The normalized spacial score (nSPS) is 9.11. The lowest BCUT2D eigenvalue weighted by molar-refractivity contribution is 1.34. The van der Waals surface area contributed by atoms with E-state index in [1.54, 1.807) is 0 Å². The minimum Gasteiger partial charge on any atom is -0.0683 e. The Labute approximate surface area is 113 Å². The molecule has 0 fully saturated rings. The van der Waals surface area contributed by atoms with Crippen LogP contribution in [0.4, 0.5) is 0 Å². The van der Waals surface area contributed by atoms with Crippen LogP contribution in [0.1, 0.15) is 49.9 Å². The van der Waals surface area contributed by atoms with Crippen LogP contribution in [-0.2, 0) is 0 Å². The van der Waals surface area contributed by atoms with Crippen LogP contribution in [0.25, 0.3) is 10.8 Å². The minimum atomic E-state index is 1.36. The molecule has 0 spiro atoms. The Balaban J connectivity index is 0.000000659. The number of aryl methyl sites for hydroxylation is 4. The van der Waals surface area contributed by atoms with Crippen LogP contribution < -0.4 is 0 Å². The number of hydrogen-bond acceptors (Lipinski definition) is 0. The van der Waals surface area contributed by atoms with Gasteiger partial charge in [0.2, 0.25) is 0 Å². The molecule has 100 valence electrons. The maximum Gasteiger partial charge on any atom is -0.0178 e. The second kappa shape index (κ2) is 7.92. The highest BCUT2D eigenvalue weighted by Crippen LogP contribution is 2.22. The van der Waals surface area contributed by atoms with E-state index in [2.05, 4.69) is 52.0 Å². The highest BCUT2D eigenvalue weighted by Gasteiger charge is 2.00. The van der Waals surface area contributed by atoms with E-state index in [4.69, 9.17) is 0 Å². The first kappa shape index (κ1) is 16.7. The summed E-state index contributed by atoms with van der Waals surface area (Å²) in [4.78, 5) is 0. The molecule has 0 radical (unpaired) electrons. The molecule has 2 aromatic rings. The third-order valence-electron chi connectivity index (χ3n) is 3.07. The number of rotatable bonds is 0. The van der Waals surface area contributed by atoms with Crippen molar-refractivity contribution >= 4 is 10.8 Å². The number of fused-ring (bicyclic) bond motifs is 1. The highest BCUT2D eigenvalue weighted by molar-refractivity contribution is 5.85. The fourth-order valence-electron chi connectivity index (χ4n) is 1.81. The van der Waals surface area contributed by atoms with Crippen molar-refractivity contribution in [1.29, 1.82) is 0 Å². The van der Waals surface area contributed by atoms with Crippen LogP contribution in [0.3, 0.4) is 0 Å². The van der Waals surface area contributed by atoms with Crippen molar-refractivity contribution in [3.63, 3.8) is 0 Å². The van der Waals surface area contributed by atoms with Crippen molar-refractivity contribution < 1.29 is 0 Å². The molecule has 18 heavy (non-hydrogen) atoms. The summed E-state index contributed by atoms with van der Waals surface area (Å²) in [6, 6.07) is 9.10. The number of hydrogen-bond donors (Lipinski definition) is 0. The van der Waals surface area contributed by atoms with Gasteiger partial charge in [-0.15, -0.1) is 0 Å². The van der Waals surface area contributed by atoms with E-state index in [9.17, 15) is 0 Å². The summed E-state index contributed by atoms with van der Waals surface area (Å²) in [7, 11) is 0. The summed E-state index contributed by atoms with van der Waals surface area (Å²) in [5.41, 5.74) is 5.50. The highest BCUT2D eigenvalue weighted by atomic mass is 14.0. The van der Waals surface area contributed by atoms with Gasteiger partial charge in [0, 0.05) is 0 Å². The Bertz CT molecular complexity index is 404. The maximum atomic E-state index is 2.27. The van der Waals surface area contributed by atoms with E-state index in [1.807, 2.05) is 27.7 Å². The lowest BCUT2D eigenvalue weighted by Gasteiger charge is -2.07. The molecule has 0 atom stereocenters. The molecule has 0 heteroatoms. The van der Waals surface area contributed by atoms with Gasteiger partial charge in [0.05, 0.1) is 0 Å². The van der Waals surface area contributed by atoms with Crippen LogP contribution in [0.5, 0.6) is 0 Å². The van der Waals surface area contributed by atoms with E-state index in [0.717, 1.165) is 0 Å². The van der Waals surface area contributed by atoms with E-state index in [-0.39, 0.29) is 0 Å². The van der Waals surface area contributed by atoms with Crippen LogP contribution >= 0.6 is 0 Å². The zero-order chi connectivity index (χ0) is 14.3. The predicted molar refractivity (Wildman–Crippen MR) is 85.6 cm³/mol. The Kier molecular flexibility index (Phi) is 7.35. The van der Waals surface area contributed by atoms with Gasteiger partial charge >= 0.3 is 0 Å². The average Bonchev–Trinajstić information content (AvgIpc) is 2.38.